The van der Waals surface area contributed by atoms with Crippen molar-refractivity contribution in [2.75, 3.05) is 6.61 Å². The molecule has 0 aromatic heterocycles. The highest BCUT2D eigenvalue weighted by Gasteiger charge is 2.41. The average molecular weight is 545 g/mol. The minimum Gasteiger partial charge on any atom is -0.461 e. The number of rotatable bonds is 10. The lowest BCUT2D eigenvalue weighted by molar-refractivity contribution is -0.184. The fraction of sp³-hybridized carbons (Fsp3) is 0.943. The van der Waals surface area contributed by atoms with Crippen molar-refractivity contribution in [2.24, 2.45) is 47.3 Å². The van der Waals surface area contributed by atoms with Gasteiger partial charge in [-0.1, -0.05) is 59.8 Å². The molecule has 0 amide bonds. The molecule has 4 aliphatic rings. The quantitative estimate of drug-likeness (QED) is 0.257. The number of ether oxygens (including phenoxy) is 2. The Bertz CT molecular complexity index is 745. The van der Waals surface area contributed by atoms with Gasteiger partial charge in [0.2, 0.25) is 0 Å². The topological polar surface area (TPSA) is 52.6 Å². The Morgan fingerprint density at radius 2 is 1.23 bits per heavy atom. The van der Waals surface area contributed by atoms with E-state index in [0.29, 0.717) is 0 Å². The molecule has 4 heteroatoms. The summed E-state index contributed by atoms with van der Waals surface area (Å²) in [5, 5.41) is 0. The van der Waals surface area contributed by atoms with Crippen LogP contribution in [0, 0.1) is 47.3 Å². The molecule has 4 nitrogen and oxygen atoms in total. The second-order valence-corrected chi connectivity index (χ2v) is 15.0. The zero-order chi connectivity index (χ0) is 27.8. The van der Waals surface area contributed by atoms with E-state index in [-0.39, 0.29) is 30.4 Å². The molecule has 1 atom stereocenters. The van der Waals surface area contributed by atoms with Crippen molar-refractivity contribution in [3.63, 3.8) is 0 Å². The van der Waals surface area contributed by atoms with Crippen LogP contribution < -0.4 is 0 Å². The second kappa shape index (κ2) is 14.7. The zero-order valence-corrected chi connectivity index (χ0v) is 25.9. The molecule has 4 aliphatic carbocycles. The van der Waals surface area contributed by atoms with Crippen LogP contribution in [0.3, 0.4) is 0 Å². The fourth-order valence-electron chi connectivity index (χ4n) is 8.43. The van der Waals surface area contributed by atoms with Crippen molar-refractivity contribution in [1.29, 1.82) is 0 Å². The fourth-order valence-corrected chi connectivity index (χ4v) is 8.43. The first-order chi connectivity index (χ1) is 18.7. The van der Waals surface area contributed by atoms with Crippen molar-refractivity contribution in [3.8, 4) is 0 Å². The van der Waals surface area contributed by atoms with Gasteiger partial charge >= 0.3 is 11.9 Å². The molecule has 4 rings (SSSR count). The molecule has 0 saturated heterocycles. The third kappa shape index (κ3) is 8.96. The number of carbonyl (C=O) groups is 2. The molecular formula is C35H60O4. The van der Waals surface area contributed by atoms with Gasteiger partial charge in [0, 0.05) is 0 Å². The van der Waals surface area contributed by atoms with Crippen LogP contribution in [-0.2, 0) is 19.1 Å². The molecule has 0 aromatic carbocycles. The van der Waals surface area contributed by atoms with Crippen LogP contribution in [0.2, 0.25) is 0 Å². The van der Waals surface area contributed by atoms with E-state index in [1.165, 1.54) is 57.8 Å². The maximum atomic E-state index is 13.4. The highest BCUT2D eigenvalue weighted by molar-refractivity contribution is 5.74. The maximum Gasteiger partial charge on any atom is 0.309 e. The summed E-state index contributed by atoms with van der Waals surface area (Å²) in [7, 11) is 0. The standard InChI is InChI=1S/C35H60O4/c1-25(2)8-11-27(4)28-14-18-32(19-15-28)34(37)39-35(22-6-5-7-23-35)24-38-33(36)31-20-16-30(17-21-31)29-12-9-26(3)10-13-29/h25-32H,5-24H2,1-4H3. The number of hydrogen-bond acceptors (Lipinski definition) is 4. The van der Waals surface area contributed by atoms with E-state index in [0.717, 1.165) is 99.7 Å². The molecule has 224 valence electrons. The SMILES string of the molecule is CC(C)CCC(C)C1CCC(C(=O)OC2(COC(=O)C3CCC(C4CCC(C)CC4)CC3)CCCCC2)CC1. The minimum absolute atomic E-state index is 0.0195. The molecule has 0 aliphatic heterocycles. The highest BCUT2D eigenvalue weighted by Crippen LogP contribution is 2.42. The molecule has 0 N–H and O–H groups in total. The lowest BCUT2D eigenvalue weighted by atomic mass is 9.69. The first-order valence-electron chi connectivity index (χ1n) is 17.1. The smallest absolute Gasteiger partial charge is 0.309 e. The van der Waals surface area contributed by atoms with Crippen LogP contribution in [0.4, 0.5) is 0 Å². The Kier molecular flexibility index (Phi) is 11.7. The van der Waals surface area contributed by atoms with Gasteiger partial charge in [-0.05, 0) is 125 Å². The predicted octanol–water partition coefficient (Wildman–Crippen LogP) is 9.29. The van der Waals surface area contributed by atoms with Gasteiger partial charge in [-0.15, -0.1) is 0 Å². The third-order valence-corrected chi connectivity index (χ3v) is 11.5. The first-order valence-corrected chi connectivity index (χ1v) is 17.1. The summed E-state index contributed by atoms with van der Waals surface area (Å²) in [6, 6.07) is 0. The van der Waals surface area contributed by atoms with Crippen LogP contribution in [-0.4, -0.2) is 24.1 Å². The maximum absolute atomic E-state index is 13.4. The normalized spacial score (nSPS) is 34.3. The monoisotopic (exact) mass is 544 g/mol. The van der Waals surface area contributed by atoms with E-state index in [1.807, 2.05) is 0 Å². The molecule has 0 heterocycles. The Morgan fingerprint density at radius 3 is 1.82 bits per heavy atom. The lowest BCUT2D eigenvalue weighted by Gasteiger charge is -2.39. The lowest BCUT2D eigenvalue weighted by Crippen LogP contribution is -2.44. The summed E-state index contributed by atoms with van der Waals surface area (Å²) < 4.78 is 12.3. The molecular weight excluding hydrogens is 484 g/mol. The summed E-state index contributed by atoms with van der Waals surface area (Å²) >= 11 is 0. The van der Waals surface area contributed by atoms with Gasteiger partial charge in [0.05, 0.1) is 11.8 Å². The molecule has 0 spiro atoms. The highest BCUT2D eigenvalue weighted by atomic mass is 16.6. The molecule has 1 unspecified atom stereocenters. The molecule has 4 fully saturated rings. The van der Waals surface area contributed by atoms with Crippen molar-refractivity contribution in [1.82, 2.24) is 0 Å². The van der Waals surface area contributed by atoms with Crippen molar-refractivity contribution in [3.05, 3.63) is 0 Å². The summed E-state index contributed by atoms with van der Waals surface area (Å²) in [6.07, 6.45) is 21.6. The Morgan fingerprint density at radius 1 is 0.692 bits per heavy atom. The minimum atomic E-state index is -0.595. The van der Waals surface area contributed by atoms with E-state index >= 15 is 0 Å². The number of hydrogen-bond donors (Lipinski definition) is 0. The van der Waals surface area contributed by atoms with E-state index in [4.69, 9.17) is 9.47 Å². The first kappa shape index (κ1) is 30.9. The Labute approximate surface area is 240 Å². The summed E-state index contributed by atoms with van der Waals surface area (Å²) in [5.74, 6) is 4.82. The van der Waals surface area contributed by atoms with Crippen molar-refractivity contribution < 1.29 is 19.1 Å². The predicted molar refractivity (Wildman–Crippen MR) is 158 cm³/mol. The summed E-state index contributed by atoms with van der Waals surface area (Å²) in [4.78, 5) is 26.5. The largest absolute Gasteiger partial charge is 0.461 e. The molecule has 4 saturated carbocycles. The van der Waals surface area contributed by atoms with Gasteiger partial charge in [0.15, 0.2) is 0 Å². The third-order valence-electron chi connectivity index (χ3n) is 11.5. The van der Waals surface area contributed by atoms with E-state index < -0.39 is 5.60 Å². The summed E-state index contributed by atoms with van der Waals surface area (Å²) in [6.45, 7) is 9.67. The Balaban J connectivity index is 1.22. The van der Waals surface area contributed by atoms with E-state index in [1.54, 1.807) is 0 Å². The van der Waals surface area contributed by atoms with Crippen molar-refractivity contribution >= 4 is 11.9 Å². The van der Waals surface area contributed by atoms with Gasteiger partial charge in [-0.3, -0.25) is 9.59 Å². The second-order valence-electron chi connectivity index (χ2n) is 15.0. The number of carbonyl (C=O) groups excluding carboxylic acids is 2. The Hall–Kier alpha value is -1.06. The number of esters is 2. The van der Waals surface area contributed by atoms with Gasteiger partial charge < -0.3 is 9.47 Å². The molecule has 0 bridgehead atoms. The van der Waals surface area contributed by atoms with Crippen LogP contribution >= 0.6 is 0 Å². The van der Waals surface area contributed by atoms with Crippen LogP contribution in [0.25, 0.3) is 0 Å². The van der Waals surface area contributed by atoms with E-state index in [9.17, 15) is 9.59 Å². The zero-order valence-electron chi connectivity index (χ0n) is 25.9. The van der Waals surface area contributed by atoms with Gasteiger partial charge in [-0.2, -0.15) is 0 Å². The van der Waals surface area contributed by atoms with Gasteiger partial charge in [-0.25, -0.2) is 0 Å². The van der Waals surface area contributed by atoms with E-state index in [2.05, 4.69) is 27.7 Å². The average Bonchev–Trinajstić information content (AvgIpc) is 2.95. The van der Waals surface area contributed by atoms with Gasteiger partial charge in [0.25, 0.3) is 0 Å². The molecule has 39 heavy (non-hydrogen) atoms. The van der Waals surface area contributed by atoms with Crippen LogP contribution in [0.5, 0.6) is 0 Å². The van der Waals surface area contributed by atoms with Crippen LogP contribution in [0.15, 0.2) is 0 Å². The van der Waals surface area contributed by atoms with Crippen molar-refractivity contribution in [2.45, 2.75) is 155 Å². The van der Waals surface area contributed by atoms with Crippen LogP contribution in [0.1, 0.15) is 150 Å². The molecule has 0 radical (unpaired) electrons. The summed E-state index contributed by atoms with van der Waals surface area (Å²) in [5.41, 5.74) is -0.595. The molecule has 0 aromatic rings. The van der Waals surface area contributed by atoms with Gasteiger partial charge in [0.1, 0.15) is 12.2 Å².